The number of rotatable bonds is 6. The Hall–Kier alpha value is -2.45. The monoisotopic (exact) mass is 413 g/mol. The minimum absolute atomic E-state index is 0.0154. The van der Waals surface area contributed by atoms with E-state index < -0.39 is 5.97 Å². The van der Waals surface area contributed by atoms with E-state index in [0.29, 0.717) is 0 Å². The van der Waals surface area contributed by atoms with Crippen LogP contribution in [-0.4, -0.2) is 34.2 Å². The van der Waals surface area contributed by atoms with Crippen LogP contribution < -0.4 is 5.32 Å². The van der Waals surface area contributed by atoms with E-state index in [4.69, 9.17) is 4.74 Å². The van der Waals surface area contributed by atoms with E-state index in [1.54, 1.807) is 0 Å². The Kier molecular flexibility index (Phi) is 5.87. The Labute approximate surface area is 170 Å². The molecule has 1 N–H and O–H groups in total. The zero-order chi connectivity index (χ0) is 19.3. The summed E-state index contributed by atoms with van der Waals surface area (Å²) in [5.41, 5.74) is 2.43. The first-order chi connectivity index (χ1) is 13.7. The van der Waals surface area contributed by atoms with Crippen LogP contribution in [-0.2, 0) is 20.7 Å². The number of nitrogens with one attached hydrogen (secondary N) is 1. The Morgan fingerprint density at radius 3 is 3.07 bits per heavy atom. The summed E-state index contributed by atoms with van der Waals surface area (Å²) in [6.07, 6.45) is 4.46. The molecule has 0 radical (unpaired) electrons. The molecular weight excluding hydrogens is 394 g/mol. The molecule has 1 aliphatic rings. The van der Waals surface area contributed by atoms with Crippen molar-refractivity contribution in [2.75, 3.05) is 12.4 Å². The molecule has 0 aliphatic heterocycles. The summed E-state index contributed by atoms with van der Waals surface area (Å²) < 4.78 is 5.14. The number of esters is 1. The fourth-order valence-corrected chi connectivity index (χ4v) is 4.91. The average Bonchev–Trinajstić information content (AvgIpc) is 3.20. The third-order valence-electron chi connectivity index (χ3n) is 4.62. The number of thioether (sulfide) groups is 1. The fraction of sp³-hybridized carbons (Fsp3) is 0.300. The van der Waals surface area contributed by atoms with Gasteiger partial charge >= 0.3 is 5.97 Å². The molecule has 0 bridgehead atoms. The van der Waals surface area contributed by atoms with Gasteiger partial charge in [-0.05, 0) is 41.8 Å². The van der Waals surface area contributed by atoms with E-state index in [-0.39, 0.29) is 24.3 Å². The average molecular weight is 414 g/mol. The molecule has 1 amide bonds. The molecule has 0 saturated carbocycles. The van der Waals surface area contributed by atoms with E-state index in [0.717, 1.165) is 40.1 Å². The highest BCUT2D eigenvalue weighted by atomic mass is 32.2. The van der Waals surface area contributed by atoms with Gasteiger partial charge in [0.1, 0.15) is 16.2 Å². The van der Waals surface area contributed by atoms with E-state index in [1.807, 2.05) is 23.6 Å². The van der Waals surface area contributed by atoms with Gasteiger partial charge in [0, 0.05) is 5.39 Å². The highest BCUT2D eigenvalue weighted by molar-refractivity contribution is 8.00. The molecule has 2 heterocycles. The Morgan fingerprint density at radius 2 is 2.14 bits per heavy atom. The number of nitrogens with zero attached hydrogens (tertiary/aromatic N) is 2. The zero-order valence-electron chi connectivity index (χ0n) is 15.1. The van der Waals surface area contributed by atoms with E-state index in [1.165, 1.54) is 35.0 Å². The van der Waals surface area contributed by atoms with Gasteiger partial charge in [-0.25, -0.2) is 9.97 Å². The van der Waals surface area contributed by atoms with Gasteiger partial charge in [0.15, 0.2) is 6.61 Å². The Morgan fingerprint density at radius 1 is 1.25 bits per heavy atom. The molecule has 1 aliphatic carbocycles. The van der Waals surface area contributed by atoms with Crippen molar-refractivity contribution in [1.29, 1.82) is 0 Å². The number of hydrogen-bond donors (Lipinski definition) is 1. The number of benzene rings is 1. The van der Waals surface area contributed by atoms with E-state index in [2.05, 4.69) is 27.4 Å². The molecule has 6 nitrogen and oxygen atoms in total. The number of amides is 1. The second-order valence-corrected chi connectivity index (χ2v) is 8.34. The van der Waals surface area contributed by atoms with Crippen molar-refractivity contribution in [3.05, 3.63) is 53.2 Å². The smallest absolute Gasteiger partial charge is 0.316 e. The summed E-state index contributed by atoms with van der Waals surface area (Å²) in [7, 11) is 0. The number of carbonyl (C=O) groups excluding carboxylic acids is 2. The quantitative estimate of drug-likeness (QED) is 0.378. The van der Waals surface area contributed by atoms with Crippen LogP contribution in [0, 0.1) is 0 Å². The Balaban J connectivity index is 1.26. The summed E-state index contributed by atoms with van der Waals surface area (Å²) in [5.74, 6) is -0.616. The van der Waals surface area contributed by atoms with E-state index >= 15 is 0 Å². The maximum atomic E-state index is 12.2. The van der Waals surface area contributed by atoms with Gasteiger partial charge in [-0.1, -0.05) is 36.0 Å². The van der Waals surface area contributed by atoms with Crippen molar-refractivity contribution in [3.8, 4) is 0 Å². The van der Waals surface area contributed by atoms with Crippen LogP contribution >= 0.6 is 23.1 Å². The van der Waals surface area contributed by atoms with Crippen molar-refractivity contribution < 1.29 is 14.3 Å². The molecule has 0 saturated heterocycles. The summed E-state index contributed by atoms with van der Waals surface area (Å²) in [4.78, 5) is 33.5. The van der Waals surface area contributed by atoms with Crippen molar-refractivity contribution >= 4 is 45.2 Å². The molecule has 3 aromatic rings. The summed E-state index contributed by atoms with van der Waals surface area (Å²) in [5, 5.41) is 6.59. The lowest BCUT2D eigenvalue weighted by Crippen LogP contribution is -2.34. The van der Waals surface area contributed by atoms with Crippen molar-refractivity contribution in [1.82, 2.24) is 15.3 Å². The maximum absolute atomic E-state index is 12.2. The van der Waals surface area contributed by atoms with Gasteiger partial charge in [-0.15, -0.1) is 11.3 Å². The molecular formula is C20H19N3O3S2. The number of aromatic nitrogens is 2. The third-order valence-corrected chi connectivity index (χ3v) is 6.42. The zero-order valence-corrected chi connectivity index (χ0v) is 16.7. The number of ether oxygens (including phenoxy) is 1. The lowest BCUT2D eigenvalue weighted by molar-refractivity contribution is -0.146. The minimum Gasteiger partial charge on any atom is -0.455 e. The molecule has 1 aromatic carbocycles. The predicted octanol–water partition coefficient (Wildman–Crippen LogP) is 3.52. The molecule has 4 rings (SSSR count). The van der Waals surface area contributed by atoms with Gasteiger partial charge in [0.25, 0.3) is 5.91 Å². The highest BCUT2D eigenvalue weighted by Crippen LogP contribution is 2.29. The normalized spacial score (nSPS) is 15.8. The van der Waals surface area contributed by atoms with Gasteiger partial charge < -0.3 is 10.1 Å². The standard InChI is InChI=1S/C20H19N3O3S2/c24-17(23-16-7-3-5-13-4-1-2-6-14(13)16)10-26-18(25)11-28-20-15-8-9-27-19(15)21-12-22-20/h1-2,4,6,8-9,12,16H,3,5,7,10-11H2,(H,23,24)/t16-/m0/s1. The van der Waals surface area contributed by atoms with Crippen molar-refractivity contribution in [2.45, 2.75) is 30.3 Å². The molecule has 8 heteroatoms. The second kappa shape index (κ2) is 8.70. The first-order valence-electron chi connectivity index (χ1n) is 9.04. The van der Waals surface area contributed by atoms with Crippen molar-refractivity contribution in [2.24, 2.45) is 0 Å². The van der Waals surface area contributed by atoms with Crippen LogP contribution in [0.25, 0.3) is 10.2 Å². The van der Waals surface area contributed by atoms with Crippen molar-refractivity contribution in [3.63, 3.8) is 0 Å². The van der Waals surface area contributed by atoms with Crippen LogP contribution in [0.5, 0.6) is 0 Å². The van der Waals surface area contributed by atoms with E-state index in [9.17, 15) is 9.59 Å². The minimum atomic E-state index is -0.439. The largest absolute Gasteiger partial charge is 0.455 e. The van der Waals surface area contributed by atoms with Crippen LogP contribution in [0.4, 0.5) is 0 Å². The van der Waals surface area contributed by atoms with Crippen LogP contribution in [0.15, 0.2) is 47.1 Å². The number of aryl methyl sites for hydroxylation is 1. The Bertz CT molecular complexity index is 1010. The lowest BCUT2D eigenvalue weighted by Gasteiger charge is -2.26. The summed E-state index contributed by atoms with van der Waals surface area (Å²) >= 11 is 2.82. The SMILES string of the molecule is O=C(COC(=O)CSc1ncnc2sccc12)N[C@H]1CCCc2ccccc21. The maximum Gasteiger partial charge on any atom is 0.316 e. The van der Waals surface area contributed by atoms with Gasteiger partial charge in [-0.3, -0.25) is 9.59 Å². The first-order valence-corrected chi connectivity index (χ1v) is 10.9. The van der Waals surface area contributed by atoms with Crippen LogP contribution in [0.3, 0.4) is 0 Å². The molecule has 28 heavy (non-hydrogen) atoms. The van der Waals surface area contributed by atoms with Gasteiger partial charge in [0.2, 0.25) is 0 Å². The van der Waals surface area contributed by atoms with Crippen LogP contribution in [0.2, 0.25) is 0 Å². The van der Waals surface area contributed by atoms with Gasteiger partial charge in [-0.2, -0.15) is 0 Å². The number of thiophene rings is 1. The number of fused-ring (bicyclic) bond motifs is 2. The molecule has 0 unspecified atom stereocenters. The predicted molar refractivity (Wildman–Crippen MR) is 109 cm³/mol. The molecule has 144 valence electrons. The molecule has 1 atom stereocenters. The molecule has 0 fully saturated rings. The number of hydrogen-bond acceptors (Lipinski definition) is 7. The van der Waals surface area contributed by atoms with Gasteiger partial charge in [0.05, 0.1) is 11.8 Å². The van der Waals surface area contributed by atoms with Crippen LogP contribution in [0.1, 0.15) is 30.0 Å². The number of carbonyl (C=O) groups is 2. The highest BCUT2D eigenvalue weighted by Gasteiger charge is 2.21. The topological polar surface area (TPSA) is 81.2 Å². The molecule has 2 aromatic heterocycles. The third kappa shape index (κ3) is 4.34. The summed E-state index contributed by atoms with van der Waals surface area (Å²) in [6, 6.07) is 10.1. The first kappa shape index (κ1) is 18.9. The molecule has 0 spiro atoms. The fourth-order valence-electron chi connectivity index (χ4n) is 3.34. The lowest BCUT2D eigenvalue weighted by atomic mass is 9.88. The summed E-state index contributed by atoms with van der Waals surface area (Å²) in [6.45, 7) is -0.268. The second-order valence-electron chi connectivity index (χ2n) is 6.48.